The van der Waals surface area contributed by atoms with Crippen molar-refractivity contribution in [3.05, 3.63) is 59.0 Å². The molecular weight excluding hydrogens is 224 g/mol. The van der Waals surface area contributed by atoms with Crippen LogP contribution in [0, 0.1) is 12.8 Å². The van der Waals surface area contributed by atoms with Crippen molar-refractivity contribution in [3.8, 4) is 0 Å². The molecule has 1 heterocycles. The molecule has 0 aliphatic carbocycles. The highest BCUT2D eigenvalue weighted by Gasteiger charge is 2.13. The molecule has 0 fully saturated rings. The zero-order valence-corrected chi connectivity index (χ0v) is 11.2. The standard InChI is InChI=1S/C16H20O2/c1-11(2)10-13-5-7-14(8-6-13)16(17)15-9-4-12(3)18-15/h4-9,11,16-17H,10H2,1-3H3. The highest BCUT2D eigenvalue weighted by molar-refractivity contribution is 5.28. The van der Waals surface area contributed by atoms with Crippen molar-refractivity contribution in [1.82, 2.24) is 0 Å². The Morgan fingerprint density at radius 1 is 1.06 bits per heavy atom. The van der Waals surface area contributed by atoms with Crippen molar-refractivity contribution in [2.24, 2.45) is 5.92 Å². The fraction of sp³-hybridized carbons (Fsp3) is 0.375. The van der Waals surface area contributed by atoms with Crippen LogP contribution in [0.1, 0.15) is 42.6 Å². The summed E-state index contributed by atoms with van der Waals surface area (Å²) in [7, 11) is 0. The summed E-state index contributed by atoms with van der Waals surface area (Å²) in [5.74, 6) is 2.07. The van der Waals surface area contributed by atoms with E-state index in [1.54, 1.807) is 0 Å². The molecule has 1 atom stereocenters. The van der Waals surface area contributed by atoms with Gasteiger partial charge < -0.3 is 9.52 Å². The molecule has 1 unspecified atom stereocenters. The summed E-state index contributed by atoms with van der Waals surface area (Å²) in [6.45, 7) is 6.28. The van der Waals surface area contributed by atoms with Crippen LogP contribution in [-0.4, -0.2) is 5.11 Å². The largest absolute Gasteiger partial charge is 0.463 e. The molecule has 1 aromatic heterocycles. The van der Waals surface area contributed by atoms with Gasteiger partial charge in [0.05, 0.1) is 0 Å². The summed E-state index contributed by atoms with van der Waals surface area (Å²) in [6.07, 6.45) is 0.391. The normalized spacial score (nSPS) is 12.9. The average molecular weight is 244 g/mol. The topological polar surface area (TPSA) is 33.4 Å². The Hall–Kier alpha value is -1.54. The van der Waals surface area contributed by atoms with Gasteiger partial charge in [0.15, 0.2) is 0 Å². The quantitative estimate of drug-likeness (QED) is 0.885. The van der Waals surface area contributed by atoms with Gasteiger partial charge in [0.2, 0.25) is 0 Å². The van der Waals surface area contributed by atoms with E-state index < -0.39 is 6.10 Å². The molecule has 0 bridgehead atoms. The van der Waals surface area contributed by atoms with Crippen molar-refractivity contribution in [3.63, 3.8) is 0 Å². The second-order valence-electron chi connectivity index (χ2n) is 5.19. The van der Waals surface area contributed by atoms with Gasteiger partial charge in [-0.05, 0) is 42.5 Å². The van der Waals surface area contributed by atoms with E-state index in [-0.39, 0.29) is 0 Å². The minimum atomic E-state index is -0.674. The predicted octanol–water partition coefficient (Wildman–Crippen LogP) is 3.87. The molecule has 2 rings (SSSR count). The summed E-state index contributed by atoms with van der Waals surface area (Å²) in [5, 5.41) is 10.2. The SMILES string of the molecule is Cc1ccc(C(O)c2ccc(CC(C)C)cc2)o1. The third-order valence-electron chi connectivity index (χ3n) is 2.97. The lowest BCUT2D eigenvalue weighted by atomic mass is 10.00. The third-order valence-corrected chi connectivity index (χ3v) is 2.97. The molecule has 1 N–H and O–H groups in total. The summed E-state index contributed by atoms with van der Waals surface area (Å²) < 4.78 is 5.44. The number of rotatable bonds is 4. The number of hydrogen-bond donors (Lipinski definition) is 1. The number of aryl methyl sites for hydroxylation is 1. The van der Waals surface area contributed by atoms with E-state index in [2.05, 4.69) is 26.0 Å². The molecule has 18 heavy (non-hydrogen) atoms. The van der Waals surface area contributed by atoms with Crippen molar-refractivity contribution < 1.29 is 9.52 Å². The first kappa shape index (κ1) is 12.9. The van der Waals surface area contributed by atoms with Gasteiger partial charge in [-0.1, -0.05) is 38.1 Å². The predicted molar refractivity (Wildman–Crippen MR) is 72.5 cm³/mol. The monoisotopic (exact) mass is 244 g/mol. The van der Waals surface area contributed by atoms with E-state index in [4.69, 9.17) is 4.42 Å². The molecule has 2 nitrogen and oxygen atoms in total. The van der Waals surface area contributed by atoms with Crippen LogP contribution in [0.2, 0.25) is 0 Å². The minimum Gasteiger partial charge on any atom is -0.463 e. The van der Waals surface area contributed by atoms with E-state index in [1.807, 2.05) is 31.2 Å². The van der Waals surface area contributed by atoms with Gasteiger partial charge in [0, 0.05) is 0 Å². The Bertz CT molecular complexity index is 494. The van der Waals surface area contributed by atoms with Gasteiger partial charge in [-0.15, -0.1) is 0 Å². The number of furan rings is 1. The van der Waals surface area contributed by atoms with E-state index in [0.29, 0.717) is 11.7 Å². The molecule has 0 saturated heterocycles. The lowest BCUT2D eigenvalue weighted by molar-refractivity contribution is 0.187. The van der Waals surface area contributed by atoms with Crippen molar-refractivity contribution >= 4 is 0 Å². The lowest BCUT2D eigenvalue weighted by Crippen LogP contribution is -1.99. The average Bonchev–Trinajstić information content (AvgIpc) is 2.75. The molecule has 0 radical (unpaired) electrons. The summed E-state index contributed by atoms with van der Waals surface area (Å²) in [5.41, 5.74) is 2.17. The molecule has 1 aromatic carbocycles. The fourth-order valence-corrected chi connectivity index (χ4v) is 2.07. The van der Waals surface area contributed by atoms with Gasteiger partial charge in [-0.25, -0.2) is 0 Å². The van der Waals surface area contributed by atoms with Crippen LogP contribution < -0.4 is 0 Å². The Balaban J connectivity index is 2.14. The summed E-state index contributed by atoms with van der Waals surface area (Å²) in [6, 6.07) is 11.8. The van der Waals surface area contributed by atoms with E-state index >= 15 is 0 Å². The molecule has 96 valence electrons. The van der Waals surface area contributed by atoms with Gasteiger partial charge in [0.1, 0.15) is 17.6 Å². The number of hydrogen-bond acceptors (Lipinski definition) is 2. The zero-order valence-electron chi connectivity index (χ0n) is 11.2. The van der Waals surface area contributed by atoms with Crippen LogP contribution in [0.4, 0.5) is 0 Å². The van der Waals surface area contributed by atoms with E-state index in [9.17, 15) is 5.11 Å². The fourth-order valence-electron chi connectivity index (χ4n) is 2.07. The molecule has 0 aliphatic heterocycles. The van der Waals surface area contributed by atoms with Gasteiger partial charge in [-0.3, -0.25) is 0 Å². The first-order chi connectivity index (χ1) is 8.56. The number of benzene rings is 1. The first-order valence-corrected chi connectivity index (χ1v) is 6.39. The molecule has 0 saturated carbocycles. The van der Waals surface area contributed by atoms with Crippen LogP contribution in [0.15, 0.2) is 40.8 Å². The Morgan fingerprint density at radius 2 is 1.72 bits per heavy atom. The maximum atomic E-state index is 10.2. The van der Waals surface area contributed by atoms with Crippen molar-refractivity contribution in [2.45, 2.75) is 33.3 Å². The molecule has 0 aliphatic rings. The molecule has 2 heteroatoms. The molecule has 0 amide bonds. The molecular formula is C16H20O2. The minimum absolute atomic E-state index is 0.601. The number of aliphatic hydroxyl groups is 1. The van der Waals surface area contributed by atoms with Crippen LogP contribution in [0.5, 0.6) is 0 Å². The van der Waals surface area contributed by atoms with Crippen LogP contribution in [-0.2, 0) is 6.42 Å². The van der Waals surface area contributed by atoms with Crippen molar-refractivity contribution in [1.29, 1.82) is 0 Å². The highest BCUT2D eigenvalue weighted by Crippen LogP contribution is 2.24. The maximum absolute atomic E-state index is 10.2. The highest BCUT2D eigenvalue weighted by atomic mass is 16.4. The number of aliphatic hydroxyl groups excluding tert-OH is 1. The smallest absolute Gasteiger partial charge is 0.137 e. The van der Waals surface area contributed by atoms with Gasteiger partial charge >= 0.3 is 0 Å². The first-order valence-electron chi connectivity index (χ1n) is 6.39. The van der Waals surface area contributed by atoms with E-state index in [0.717, 1.165) is 17.7 Å². The van der Waals surface area contributed by atoms with Gasteiger partial charge in [-0.2, -0.15) is 0 Å². The molecule has 0 spiro atoms. The van der Waals surface area contributed by atoms with Gasteiger partial charge in [0.25, 0.3) is 0 Å². The lowest BCUT2D eigenvalue weighted by Gasteiger charge is -2.10. The molecule has 2 aromatic rings. The Morgan fingerprint density at radius 3 is 2.22 bits per heavy atom. The van der Waals surface area contributed by atoms with E-state index in [1.165, 1.54) is 5.56 Å². The Kier molecular flexibility index (Phi) is 3.87. The van der Waals surface area contributed by atoms with Crippen LogP contribution in [0.25, 0.3) is 0 Å². The second-order valence-corrected chi connectivity index (χ2v) is 5.19. The summed E-state index contributed by atoms with van der Waals surface area (Å²) >= 11 is 0. The second kappa shape index (κ2) is 5.40. The summed E-state index contributed by atoms with van der Waals surface area (Å²) in [4.78, 5) is 0. The Labute approximate surface area is 108 Å². The van der Waals surface area contributed by atoms with Crippen LogP contribution in [0.3, 0.4) is 0 Å². The third kappa shape index (κ3) is 3.02. The zero-order chi connectivity index (χ0) is 13.1. The van der Waals surface area contributed by atoms with Crippen LogP contribution >= 0.6 is 0 Å². The van der Waals surface area contributed by atoms with Crippen molar-refractivity contribution in [2.75, 3.05) is 0 Å². The maximum Gasteiger partial charge on any atom is 0.137 e.